The average molecular weight is 327 g/mol. The Balaban J connectivity index is 1.92. The molecule has 0 aliphatic rings. The summed E-state index contributed by atoms with van der Waals surface area (Å²) >= 11 is 0. The number of nitrogens with one attached hydrogen (secondary N) is 2. The number of amides is 2. The lowest BCUT2D eigenvalue weighted by atomic mass is 10.2. The molecular formula is C18H18FN3O2. The minimum Gasteiger partial charge on any atom is -0.312 e. The second-order valence-electron chi connectivity index (χ2n) is 5.15. The molecule has 0 fully saturated rings. The fourth-order valence-corrected chi connectivity index (χ4v) is 1.93. The summed E-state index contributed by atoms with van der Waals surface area (Å²) in [6, 6.07) is 14.4. The predicted molar refractivity (Wildman–Crippen MR) is 90.6 cm³/mol. The van der Waals surface area contributed by atoms with Crippen molar-refractivity contribution < 1.29 is 14.0 Å². The fourth-order valence-electron chi connectivity index (χ4n) is 1.93. The van der Waals surface area contributed by atoms with E-state index in [2.05, 4.69) is 10.9 Å². The molecule has 2 aromatic carbocycles. The molecule has 0 radical (unpaired) electrons. The van der Waals surface area contributed by atoms with Crippen molar-refractivity contribution in [1.82, 2.24) is 10.9 Å². The zero-order valence-electron chi connectivity index (χ0n) is 13.4. The third kappa shape index (κ3) is 4.67. The number of likely N-dealkylation sites (N-methyl/N-ethyl adjacent to an activating group) is 1. The van der Waals surface area contributed by atoms with Gasteiger partial charge in [0.25, 0.3) is 11.8 Å². The van der Waals surface area contributed by atoms with E-state index in [0.717, 1.165) is 5.69 Å². The molecule has 0 atom stereocenters. The number of carbonyl (C=O) groups is 2. The molecule has 2 aromatic rings. The Morgan fingerprint density at radius 2 is 1.62 bits per heavy atom. The summed E-state index contributed by atoms with van der Waals surface area (Å²) in [6.07, 6.45) is 1.37. The minimum atomic E-state index is -0.424. The largest absolute Gasteiger partial charge is 0.312 e. The summed E-state index contributed by atoms with van der Waals surface area (Å²) in [7, 11) is 1.67. The van der Waals surface area contributed by atoms with E-state index in [4.69, 9.17) is 0 Å². The molecule has 0 heterocycles. The highest BCUT2D eigenvalue weighted by atomic mass is 19.1. The van der Waals surface area contributed by atoms with Gasteiger partial charge in [0.15, 0.2) is 0 Å². The number of benzene rings is 2. The van der Waals surface area contributed by atoms with Crippen molar-refractivity contribution in [3.05, 3.63) is 77.8 Å². The van der Waals surface area contributed by atoms with Crippen LogP contribution in [-0.4, -0.2) is 18.9 Å². The second kappa shape index (κ2) is 7.92. The molecule has 2 N–H and O–H groups in total. The Bertz CT molecular complexity index is 743. The molecule has 2 rings (SSSR count). The van der Waals surface area contributed by atoms with Gasteiger partial charge in [-0.1, -0.05) is 18.2 Å². The summed E-state index contributed by atoms with van der Waals surface area (Å²) in [4.78, 5) is 25.5. The number of halogens is 1. The first-order valence-corrected chi connectivity index (χ1v) is 7.30. The Morgan fingerprint density at radius 3 is 2.25 bits per heavy atom. The number of anilines is 1. The maximum Gasteiger partial charge on any atom is 0.269 e. The molecule has 0 saturated heterocycles. The number of hydrogen-bond donors (Lipinski definition) is 2. The average Bonchev–Trinajstić information content (AvgIpc) is 2.60. The van der Waals surface area contributed by atoms with E-state index >= 15 is 0 Å². The number of para-hydroxylation sites is 1. The van der Waals surface area contributed by atoms with E-state index < -0.39 is 11.7 Å². The first kappa shape index (κ1) is 17.2. The van der Waals surface area contributed by atoms with Crippen molar-refractivity contribution in [2.75, 3.05) is 11.9 Å². The summed E-state index contributed by atoms with van der Waals surface area (Å²) in [5, 5.41) is 0. The normalized spacial score (nSPS) is 10.9. The summed E-state index contributed by atoms with van der Waals surface area (Å²) in [5.74, 6) is -1.07. The monoisotopic (exact) mass is 327 g/mol. The van der Waals surface area contributed by atoms with E-state index in [1.54, 1.807) is 14.0 Å². The van der Waals surface area contributed by atoms with Gasteiger partial charge in [-0.3, -0.25) is 15.0 Å². The quantitative estimate of drug-likeness (QED) is 0.655. The number of allylic oxidation sites excluding steroid dienone is 1. The van der Waals surface area contributed by atoms with Gasteiger partial charge in [0.05, 0.1) is 0 Å². The Morgan fingerprint density at radius 1 is 1.00 bits per heavy atom. The third-order valence-corrected chi connectivity index (χ3v) is 3.29. The summed E-state index contributed by atoms with van der Waals surface area (Å²) in [6.45, 7) is 1.65. The van der Waals surface area contributed by atoms with Crippen LogP contribution in [0.2, 0.25) is 0 Å². The SMILES string of the molecule is CC(=CC(=O)N(C)c1ccccc1)NNC(=O)c1ccc(F)cc1. The van der Waals surface area contributed by atoms with E-state index in [1.165, 1.54) is 35.2 Å². The van der Waals surface area contributed by atoms with Crippen LogP contribution in [0.25, 0.3) is 0 Å². The van der Waals surface area contributed by atoms with Gasteiger partial charge in [0.1, 0.15) is 5.82 Å². The molecule has 0 spiro atoms. The molecule has 0 unspecified atom stereocenters. The number of nitrogens with zero attached hydrogens (tertiary/aromatic N) is 1. The maximum absolute atomic E-state index is 12.8. The Hall–Kier alpha value is -3.15. The van der Waals surface area contributed by atoms with Crippen LogP contribution in [0.1, 0.15) is 17.3 Å². The van der Waals surface area contributed by atoms with Gasteiger partial charge in [-0.2, -0.15) is 0 Å². The molecule has 0 bridgehead atoms. The third-order valence-electron chi connectivity index (χ3n) is 3.29. The minimum absolute atomic E-state index is 0.234. The Labute approximate surface area is 139 Å². The zero-order valence-corrected chi connectivity index (χ0v) is 13.4. The van der Waals surface area contributed by atoms with Gasteiger partial charge >= 0.3 is 0 Å². The molecule has 0 aromatic heterocycles. The van der Waals surface area contributed by atoms with E-state index in [0.29, 0.717) is 11.3 Å². The van der Waals surface area contributed by atoms with Crippen molar-refractivity contribution in [2.24, 2.45) is 0 Å². The molecule has 124 valence electrons. The Kier molecular flexibility index (Phi) is 5.68. The topological polar surface area (TPSA) is 61.4 Å². The summed E-state index contributed by atoms with van der Waals surface area (Å²) in [5.41, 5.74) is 6.65. The highest BCUT2D eigenvalue weighted by molar-refractivity contribution is 6.01. The number of hydrogen-bond acceptors (Lipinski definition) is 3. The van der Waals surface area contributed by atoms with E-state index in [1.807, 2.05) is 30.3 Å². The van der Waals surface area contributed by atoms with E-state index in [9.17, 15) is 14.0 Å². The van der Waals surface area contributed by atoms with Crippen LogP contribution in [0.5, 0.6) is 0 Å². The van der Waals surface area contributed by atoms with Crippen molar-refractivity contribution >= 4 is 17.5 Å². The van der Waals surface area contributed by atoms with Crippen LogP contribution in [0, 0.1) is 5.82 Å². The highest BCUT2D eigenvalue weighted by Crippen LogP contribution is 2.11. The van der Waals surface area contributed by atoms with Gasteiger partial charge in [-0.25, -0.2) is 4.39 Å². The van der Waals surface area contributed by atoms with Crippen molar-refractivity contribution in [2.45, 2.75) is 6.92 Å². The van der Waals surface area contributed by atoms with E-state index in [-0.39, 0.29) is 5.91 Å². The highest BCUT2D eigenvalue weighted by Gasteiger charge is 2.09. The first-order chi connectivity index (χ1) is 11.5. The van der Waals surface area contributed by atoms with Crippen LogP contribution in [-0.2, 0) is 4.79 Å². The van der Waals surface area contributed by atoms with Gasteiger partial charge in [-0.05, 0) is 43.3 Å². The van der Waals surface area contributed by atoms with Gasteiger partial charge in [0.2, 0.25) is 0 Å². The van der Waals surface area contributed by atoms with Crippen molar-refractivity contribution in [3.8, 4) is 0 Å². The molecule has 5 nitrogen and oxygen atoms in total. The van der Waals surface area contributed by atoms with Crippen LogP contribution in [0.15, 0.2) is 66.4 Å². The molecule has 0 aliphatic heterocycles. The molecule has 2 amide bonds. The first-order valence-electron chi connectivity index (χ1n) is 7.30. The molecule has 24 heavy (non-hydrogen) atoms. The molecular weight excluding hydrogens is 309 g/mol. The van der Waals surface area contributed by atoms with Crippen LogP contribution in [0.3, 0.4) is 0 Å². The smallest absolute Gasteiger partial charge is 0.269 e. The van der Waals surface area contributed by atoms with Crippen LogP contribution >= 0.6 is 0 Å². The lowest BCUT2D eigenvalue weighted by Crippen LogP contribution is -2.37. The fraction of sp³-hybridized carbons (Fsp3) is 0.111. The molecule has 6 heteroatoms. The predicted octanol–water partition coefficient (Wildman–Crippen LogP) is 2.63. The van der Waals surface area contributed by atoms with Gasteiger partial charge < -0.3 is 10.3 Å². The van der Waals surface area contributed by atoms with Crippen LogP contribution < -0.4 is 15.8 Å². The number of rotatable bonds is 5. The standard InChI is InChI=1S/C18H18FN3O2/c1-13(12-17(23)22(2)16-6-4-3-5-7-16)20-21-18(24)14-8-10-15(19)11-9-14/h3-12,20H,1-2H3,(H,21,24). The molecule has 0 aliphatic carbocycles. The van der Waals surface area contributed by atoms with Gasteiger partial charge in [0, 0.05) is 30.1 Å². The molecule has 0 saturated carbocycles. The van der Waals surface area contributed by atoms with Crippen LogP contribution in [0.4, 0.5) is 10.1 Å². The number of carbonyl (C=O) groups excluding carboxylic acids is 2. The lowest BCUT2D eigenvalue weighted by Gasteiger charge is -2.16. The summed E-state index contributed by atoms with van der Waals surface area (Å²) < 4.78 is 12.8. The zero-order chi connectivity index (χ0) is 17.5. The lowest BCUT2D eigenvalue weighted by molar-refractivity contribution is -0.114. The number of hydrazine groups is 1. The van der Waals surface area contributed by atoms with Crippen molar-refractivity contribution in [1.29, 1.82) is 0 Å². The maximum atomic E-state index is 12.8. The van der Waals surface area contributed by atoms with Crippen molar-refractivity contribution in [3.63, 3.8) is 0 Å². The van der Waals surface area contributed by atoms with Gasteiger partial charge in [-0.15, -0.1) is 0 Å². The second-order valence-corrected chi connectivity index (χ2v) is 5.15.